The quantitative estimate of drug-likeness (QED) is 0.838. The zero-order chi connectivity index (χ0) is 18.5. The SMILES string of the molecule is C[C@@H](NC(=O)C1CC=C(Cl)S1)C1CCN(C(=O)Oc2ccccc2)CC1. The van der Waals surface area contributed by atoms with Gasteiger partial charge in [0.25, 0.3) is 0 Å². The molecule has 2 atom stereocenters. The molecule has 0 spiro atoms. The number of thioether (sulfide) groups is 1. The minimum atomic E-state index is -0.311. The molecule has 1 aromatic carbocycles. The first-order valence-corrected chi connectivity index (χ1v) is 10.1. The van der Waals surface area contributed by atoms with Gasteiger partial charge in [0.1, 0.15) is 5.75 Å². The molecule has 7 heteroatoms. The van der Waals surface area contributed by atoms with Gasteiger partial charge in [-0.3, -0.25) is 4.79 Å². The summed E-state index contributed by atoms with van der Waals surface area (Å²) >= 11 is 7.35. The highest BCUT2D eigenvalue weighted by Gasteiger charge is 2.30. The van der Waals surface area contributed by atoms with Crippen LogP contribution in [0.3, 0.4) is 0 Å². The summed E-state index contributed by atoms with van der Waals surface area (Å²) < 4.78 is 6.09. The van der Waals surface area contributed by atoms with Crippen molar-refractivity contribution in [3.63, 3.8) is 0 Å². The molecule has 1 unspecified atom stereocenters. The summed E-state index contributed by atoms with van der Waals surface area (Å²) in [5, 5.41) is 2.99. The van der Waals surface area contributed by atoms with Crippen LogP contribution in [0.2, 0.25) is 0 Å². The Morgan fingerprint density at radius 3 is 2.58 bits per heavy atom. The molecular weight excluding hydrogens is 372 g/mol. The largest absolute Gasteiger partial charge is 0.415 e. The van der Waals surface area contributed by atoms with E-state index in [1.165, 1.54) is 11.8 Å². The molecular formula is C19H23ClN2O3S. The van der Waals surface area contributed by atoms with Gasteiger partial charge in [-0.2, -0.15) is 0 Å². The summed E-state index contributed by atoms with van der Waals surface area (Å²) in [6.45, 7) is 3.32. The number of carbonyl (C=O) groups excluding carboxylic acids is 2. The molecule has 1 fully saturated rings. The zero-order valence-corrected chi connectivity index (χ0v) is 16.3. The number of halogens is 1. The van der Waals surface area contributed by atoms with Crippen molar-refractivity contribution >= 4 is 35.4 Å². The molecule has 140 valence electrons. The van der Waals surface area contributed by atoms with Gasteiger partial charge in [0.2, 0.25) is 5.91 Å². The van der Waals surface area contributed by atoms with Crippen LogP contribution < -0.4 is 10.1 Å². The summed E-state index contributed by atoms with van der Waals surface area (Å²) in [4.78, 5) is 26.3. The van der Waals surface area contributed by atoms with E-state index in [9.17, 15) is 9.59 Å². The van der Waals surface area contributed by atoms with Crippen molar-refractivity contribution in [2.24, 2.45) is 5.92 Å². The van der Waals surface area contributed by atoms with Crippen molar-refractivity contribution in [2.75, 3.05) is 13.1 Å². The third kappa shape index (κ3) is 4.95. The highest BCUT2D eigenvalue weighted by atomic mass is 35.5. The Balaban J connectivity index is 1.42. The number of benzene rings is 1. The van der Waals surface area contributed by atoms with Crippen LogP contribution in [-0.2, 0) is 4.79 Å². The first-order chi connectivity index (χ1) is 12.5. The number of carbonyl (C=O) groups is 2. The van der Waals surface area contributed by atoms with Crippen LogP contribution in [0.4, 0.5) is 4.79 Å². The van der Waals surface area contributed by atoms with E-state index in [1.807, 2.05) is 31.2 Å². The Labute approximate surface area is 163 Å². The maximum atomic E-state index is 12.3. The maximum absolute atomic E-state index is 12.3. The molecule has 1 N–H and O–H groups in total. The molecule has 3 rings (SSSR count). The fourth-order valence-corrected chi connectivity index (χ4v) is 4.51. The fraction of sp³-hybridized carbons (Fsp3) is 0.474. The molecule has 0 aromatic heterocycles. The summed E-state index contributed by atoms with van der Waals surface area (Å²) in [7, 11) is 0. The highest BCUT2D eigenvalue weighted by Crippen LogP contribution is 2.35. The summed E-state index contributed by atoms with van der Waals surface area (Å²) in [6, 6.07) is 9.17. The summed E-state index contributed by atoms with van der Waals surface area (Å²) in [6.07, 6.45) is 3.96. The van der Waals surface area contributed by atoms with E-state index in [-0.39, 0.29) is 23.3 Å². The van der Waals surface area contributed by atoms with Gasteiger partial charge >= 0.3 is 6.09 Å². The van der Waals surface area contributed by atoms with E-state index in [4.69, 9.17) is 16.3 Å². The van der Waals surface area contributed by atoms with Crippen LogP contribution in [0.25, 0.3) is 0 Å². The lowest BCUT2D eigenvalue weighted by Crippen LogP contribution is -2.47. The lowest BCUT2D eigenvalue weighted by Gasteiger charge is -2.34. The van der Waals surface area contributed by atoms with Gasteiger partial charge in [0.05, 0.1) is 9.61 Å². The van der Waals surface area contributed by atoms with E-state index < -0.39 is 0 Å². The molecule has 5 nitrogen and oxygen atoms in total. The Hall–Kier alpha value is -1.66. The predicted octanol–water partition coefficient (Wildman–Crippen LogP) is 3.99. The van der Waals surface area contributed by atoms with Crippen molar-refractivity contribution < 1.29 is 14.3 Å². The van der Waals surface area contributed by atoms with E-state index in [0.29, 0.717) is 35.5 Å². The molecule has 1 aromatic rings. The van der Waals surface area contributed by atoms with E-state index in [1.54, 1.807) is 17.0 Å². The summed E-state index contributed by atoms with van der Waals surface area (Å²) in [5.74, 6) is 0.955. The van der Waals surface area contributed by atoms with E-state index >= 15 is 0 Å². The molecule has 2 aliphatic heterocycles. The van der Waals surface area contributed by atoms with Gasteiger partial charge in [0, 0.05) is 19.1 Å². The molecule has 0 saturated carbocycles. The number of hydrogen-bond donors (Lipinski definition) is 1. The maximum Gasteiger partial charge on any atom is 0.415 e. The number of nitrogens with zero attached hydrogens (tertiary/aromatic N) is 1. The van der Waals surface area contributed by atoms with Gasteiger partial charge < -0.3 is 15.0 Å². The van der Waals surface area contributed by atoms with Crippen molar-refractivity contribution in [2.45, 2.75) is 37.5 Å². The molecule has 0 radical (unpaired) electrons. The average molecular weight is 395 g/mol. The van der Waals surface area contributed by atoms with E-state index in [0.717, 1.165) is 12.8 Å². The van der Waals surface area contributed by atoms with Crippen LogP contribution in [0.5, 0.6) is 5.75 Å². The minimum absolute atomic E-state index is 0.0420. The first kappa shape index (κ1) is 19.1. The van der Waals surface area contributed by atoms with Crippen LogP contribution >= 0.6 is 23.4 Å². The number of likely N-dealkylation sites (tertiary alicyclic amines) is 1. The number of amides is 2. The van der Waals surface area contributed by atoms with Crippen LogP contribution in [0.15, 0.2) is 40.8 Å². The number of hydrogen-bond acceptors (Lipinski definition) is 4. The lowest BCUT2D eigenvalue weighted by atomic mass is 9.90. The minimum Gasteiger partial charge on any atom is -0.410 e. The van der Waals surface area contributed by atoms with Gasteiger partial charge in [-0.15, -0.1) is 11.8 Å². The average Bonchev–Trinajstić information content (AvgIpc) is 3.09. The smallest absolute Gasteiger partial charge is 0.410 e. The number of para-hydroxylation sites is 1. The third-order valence-corrected chi connectivity index (χ3v) is 6.37. The molecule has 0 bridgehead atoms. The standard InChI is InChI=1S/C19H23ClN2O3S/c1-13(21-18(23)16-7-8-17(20)26-16)14-9-11-22(12-10-14)19(24)25-15-5-3-2-4-6-15/h2-6,8,13-14,16H,7,9-12H2,1H3,(H,21,23)/t13-,16?/m1/s1. The number of nitrogens with one attached hydrogen (secondary N) is 1. The number of rotatable bonds is 4. The van der Waals surface area contributed by atoms with Gasteiger partial charge in [-0.25, -0.2) is 4.79 Å². The van der Waals surface area contributed by atoms with Crippen molar-refractivity contribution in [3.8, 4) is 5.75 Å². The van der Waals surface area contributed by atoms with Gasteiger partial charge in [-0.1, -0.05) is 35.9 Å². The molecule has 1 saturated heterocycles. The molecule has 2 heterocycles. The first-order valence-electron chi connectivity index (χ1n) is 8.87. The monoisotopic (exact) mass is 394 g/mol. The van der Waals surface area contributed by atoms with Gasteiger partial charge in [-0.05, 0) is 44.2 Å². The zero-order valence-electron chi connectivity index (χ0n) is 14.7. The molecule has 2 aliphatic rings. The van der Waals surface area contributed by atoms with E-state index in [2.05, 4.69) is 5.32 Å². The summed E-state index contributed by atoms with van der Waals surface area (Å²) in [5.41, 5.74) is 0. The molecule has 2 amide bonds. The van der Waals surface area contributed by atoms with Crippen LogP contribution in [0.1, 0.15) is 26.2 Å². The normalized spacial score (nSPS) is 21.8. The highest BCUT2D eigenvalue weighted by molar-refractivity contribution is 8.06. The van der Waals surface area contributed by atoms with Gasteiger partial charge in [0.15, 0.2) is 0 Å². The number of allylic oxidation sites excluding steroid dienone is 1. The predicted molar refractivity (Wildman–Crippen MR) is 104 cm³/mol. The third-order valence-electron chi connectivity index (χ3n) is 4.86. The second-order valence-corrected chi connectivity index (χ2v) is 8.53. The molecule has 26 heavy (non-hydrogen) atoms. The van der Waals surface area contributed by atoms with Crippen molar-refractivity contribution in [1.82, 2.24) is 10.2 Å². The molecule has 0 aliphatic carbocycles. The number of ether oxygens (including phenoxy) is 1. The fourth-order valence-electron chi connectivity index (χ4n) is 3.26. The van der Waals surface area contributed by atoms with Crippen LogP contribution in [-0.4, -0.2) is 41.3 Å². The topological polar surface area (TPSA) is 58.6 Å². The van der Waals surface area contributed by atoms with Crippen LogP contribution in [0, 0.1) is 5.92 Å². The second kappa shape index (κ2) is 8.82. The Bertz CT molecular complexity index is 675. The Morgan fingerprint density at radius 1 is 1.27 bits per heavy atom. The van der Waals surface area contributed by atoms with Crippen molar-refractivity contribution in [1.29, 1.82) is 0 Å². The second-order valence-electron chi connectivity index (χ2n) is 6.65. The van der Waals surface area contributed by atoms with Crippen molar-refractivity contribution in [3.05, 3.63) is 40.8 Å². The number of piperidine rings is 1. The Kier molecular flexibility index (Phi) is 6.48. The Morgan fingerprint density at radius 2 is 1.96 bits per heavy atom. The lowest BCUT2D eigenvalue weighted by molar-refractivity contribution is -0.121.